The van der Waals surface area contributed by atoms with Crippen LogP contribution >= 0.6 is 0 Å². The maximum Gasteiger partial charge on any atom is 0.234 e. The zero-order valence-electron chi connectivity index (χ0n) is 7.35. The Hall–Kier alpha value is -0.640. The van der Waals surface area contributed by atoms with Crippen molar-refractivity contribution in [1.82, 2.24) is 10.2 Å². The lowest BCUT2D eigenvalue weighted by atomic mass is 10.2. The van der Waals surface area contributed by atoms with Crippen molar-refractivity contribution in [3.05, 3.63) is 0 Å². The highest BCUT2D eigenvalue weighted by atomic mass is 19.1. The lowest BCUT2D eigenvalue weighted by molar-refractivity contribution is -0.124. The van der Waals surface area contributed by atoms with Crippen LogP contribution < -0.4 is 5.32 Å². The van der Waals surface area contributed by atoms with Crippen LogP contribution in [0.4, 0.5) is 4.39 Å². The molecule has 1 amide bonds. The van der Waals surface area contributed by atoms with E-state index in [-0.39, 0.29) is 5.91 Å². The number of nitrogens with one attached hydrogen (secondary N) is 1. The predicted octanol–water partition coefficient (Wildman–Crippen LogP) is 0.166. The van der Waals surface area contributed by atoms with Crippen molar-refractivity contribution in [2.75, 3.05) is 26.2 Å². The largest absolute Gasteiger partial charge is 0.354 e. The maximum absolute atomic E-state index is 12.9. The second-order valence-corrected chi connectivity index (χ2v) is 3.09. The number of rotatable bonds is 3. The van der Waals surface area contributed by atoms with Gasteiger partial charge in [-0.1, -0.05) is 6.92 Å². The number of piperazine rings is 1. The fourth-order valence-electron chi connectivity index (χ4n) is 1.26. The molecule has 1 atom stereocenters. The molecule has 0 aromatic heterocycles. The molecule has 0 aliphatic carbocycles. The molecule has 0 saturated carbocycles. The Labute approximate surface area is 71.9 Å². The van der Waals surface area contributed by atoms with Crippen LogP contribution in [0.3, 0.4) is 0 Å². The van der Waals surface area contributed by atoms with Crippen LogP contribution in [0, 0.1) is 0 Å². The van der Waals surface area contributed by atoms with Gasteiger partial charge in [0.25, 0.3) is 0 Å². The topological polar surface area (TPSA) is 32.3 Å². The molecule has 0 aromatic rings. The maximum atomic E-state index is 12.9. The van der Waals surface area contributed by atoms with Gasteiger partial charge in [0.15, 0.2) is 0 Å². The summed E-state index contributed by atoms with van der Waals surface area (Å²) >= 11 is 0. The van der Waals surface area contributed by atoms with Gasteiger partial charge in [-0.05, 0) is 6.42 Å². The van der Waals surface area contributed by atoms with E-state index < -0.39 is 6.17 Å². The molecule has 4 heteroatoms. The number of alkyl halides is 1. The molecule has 0 spiro atoms. The SMILES string of the molecule is CCC(F)CN1CCNC(=O)C1. The van der Waals surface area contributed by atoms with Gasteiger partial charge in [0.05, 0.1) is 6.54 Å². The molecule has 0 radical (unpaired) electrons. The zero-order chi connectivity index (χ0) is 8.97. The molecular weight excluding hydrogens is 159 g/mol. The molecule has 70 valence electrons. The number of amides is 1. The molecular formula is C8H15FN2O. The molecule has 1 N–H and O–H groups in total. The van der Waals surface area contributed by atoms with Gasteiger partial charge in [-0.3, -0.25) is 9.69 Å². The van der Waals surface area contributed by atoms with Crippen LogP contribution in [0.5, 0.6) is 0 Å². The first-order valence-electron chi connectivity index (χ1n) is 4.35. The first kappa shape index (κ1) is 9.45. The number of hydrogen-bond acceptors (Lipinski definition) is 2. The summed E-state index contributed by atoms with van der Waals surface area (Å²) in [5.74, 6) is 0.00422. The first-order valence-corrected chi connectivity index (χ1v) is 4.35. The van der Waals surface area contributed by atoms with Gasteiger partial charge in [-0.25, -0.2) is 4.39 Å². The summed E-state index contributed by atoms with van der Waals surface area (Å²) in [7, 11) is 0. The van der Waals surface area contributed by atoms with Crippen LogP contribution in [0.2, 0.25) is 0 Å². The Morgan fingerprint density at radius 1 is 1.75 bits per heavy atom. The van der Waals surface area contributed by atoms with Gasteiger partial charge in [-0.2, -0.15) is 0 Å². The van der Waals surface area contributed by atoms with Crippen molar-refractivity contribution < 1.29 is 9.18 Å². The van der Waals surface area contributed by atoms with Crippen molar-refractivity contribution in [2.45, 2.75) is 19.5 Å². The van der Waals surface area contributed by atoms with Crippen molar-refractivity contribution in [2.24, 2.45) is 0 Å². The average molecular weight is 174 g/mol. The summed E-state index contributed by atoms with van der Waals surface area (Å²) in [6.07, 6.45) is -0.270. The lowest BCUT2D eigenvalue weighted by Crippen LogP contribution is -2.49. The zero-order valence-corrected chi connectivity index (χ0v) is 7.35. The third-order valence-corrected chi connectivity index (χ3v) is 2.02. The van der Waals surface area contributed by atoms with Gasteiger partial charge >= 0.3 is 0 Å². The molecule has 1 heterocycles. The molecule has 1 rings (SSSR count). The van der Waals surface area contributed by atoms with Crippen molar-refractivity contribution in [1.29, 1.82) is 0 Å². The Kier molecular flexibility index (Phi) is 3.47. The quantitative estimate of drug-likeness (QED) is 0.661. The van der Waals surface area contributed by atoms with Crippen LogP contribution in [-0.2, 0) is 4.79 Å². The number of hydrogen-bond donors (Lipinski definition) is 1. The van der Waals surface area contributed by atoms with Gasteiger partial charge in [0, 0.05) is 19.6 Å². The Bertz CT molecular complexity index is 163. The first-order chi connectivity index (χ1) is 5.72. The van der Waals surface area contributed by atoms with Crippen molar-refractivity contribution in [3.63, 3.8) is 0 Å². The van der Waals surface area contributed by atoms with Crippen molar-refractivity contribution in [3.8, 4) is 0 Å². The second kappa shape index (κ2) is 4.40. The predicted molar refractivity (Wildman–Crippen MR) is 44.6 cm³/mol. The Morgan fingerprint density at radius 2 is 2.50 bits per heavy atom. The highest BCUT2D eigenvalue weighted by Crippen LogP contribution is 2.02. The number of nitrogens with zero attached hydrogens (tertiary/aromatic N) is 1. The van der Waals surface area contributed by atoms with E-state index in [4.69, 9.17) is 0 Å². The number of carbonyl (C=O) groups excluding carboxylic acids is 1. The third kappa shape index (κ3) is 2.77. The smallest absolute Gasteiger partial charge is 0.234 e. The fourth-order valence-corrected chi connectivity index (χ4v) is 1.26. The van der Waals surface area contributed by atoms with E-state index >= 15 is 0 Å². The molecule has 1 unspecified atom stereocenters. The van der Waals surface area contributed by atoms with E-state index in [0.29, 0.717) is 26.1 Å². The van der Waals surface area contributed by atoms with Crippen LogP contribution in [0.15, 0.2) is 0 Å². The van der Waals surface area contributed by atoms with E-state index in [0.717, 1.165) is 6.54 Å². The normalized spacial score (nSPS) is 22.0. The molecule has 0 bridgehead atoms. The van der Waals surface area contributed by atoms with Gasteiger partial charge in [0.1, 0.15) is 6.17 Å². The Balaban J connectivity index is 2.27. The van der Waals surface area contributed by atoms with Gasteiger partial charge in [0.2, 0.25) is 5.91 Å². The Morgan fingerprint density at radius 3 is 3.08 bits per heavy atom. The standard InChI is InChI=1S/C8H15FN2O/c1-2-7(9)5-11-4-3-10-8(12)6-11/h7H,2-6H2,1H3,(H,10,12). The summed E-state index contributed by atoms with van der Waals surface area (Å²) in [6.45, 7) is 3.97. The van der Waals surface area contributed by atoms with Crippen molar-refractivity contribution >= 4 is 5.91 Å². The van der Waals surface area contributed by atoms with E-state index in [2.05, 4.69) is 5.32 Å². The summed E-state index contributed by atoms with van der Waals surface area (Å²) < 4.78 is 12.9. The third-order valence-electron chi connectivity index (χ3n) is 2.02. The monoisotopic (exact) mass is 174 g/mol. The van der Waals surface area contributed by atoms with E-state index in [1.54, 1.807) is 0 Å². The van der Waals surface area contributed by atoms with Crippen LogP contribution in [-0.4, -0.2) is 43.2 Å². The average Bonchev–Trinajstić information content (AvgIpc) is 2.04. The van der Waals surface area contributed by atoms with Crippen LogP contribution in [0.25, 0.3) is 0 Å². The molecule has 3 nitrogen and oxygen atoms in total. The minimum absolute atomic E-state index is 0.00422. The minimum atomic E-state index is -0.795. The highest BCUT2D eigenvalue weighted by molar-refractivity contribution is 5.78. The van der Waals surface area contributed by atoms with E-state index in [1.165, 1.54) is 0 Å². The summed E-state index contributed by atoms with van der Waals surface area (Å²) in [4.78, 5) is 12.7. The minimum Gasteiger partial charge on any atom is -0.354 e. The van der Waals surface area contributed by atoms with Crippen LogP contribution in [0.1, 0.15) is 13.3 Å². The van der Waals surface area contributed by atoms with Gasteiger partial charge < -0.3 is 5.32 Å². The van der Waals surface area contributed by atoms with E-state index in [9.17, 15) is 9.18 Å². The highest BCUT2D eigenvalue weighted by Gasteiger charge is 2.18. The molecule has 1 fully saturated rings. The summed E-state index contributed by atoms with van der Waals surface area (Å²) in [6, 6.07) is 0. The number of halogens is 1. The molecule has 12 heavy (non-hydrogen) atoms. The molecule has 1 saturated heterocycles. The van der Waals surface area contributed by atoms with E-state index in [1.807, 2.05) is 11.8 Å². The molecule has 1 aliphatic rings. The summed E-state index contributed by atoms with van der Waals surface area (Å²) in [5.41, 5.74) is 0. The fraction of sp³-hybridized carbons (Fsp3) is 0.875. The number of carbonyl (C=O) groups is 1. The lowest BCUT2D eigenvalue weighted by Gasteiger charge is -2.27. The molecule has 1 aliphatic heterocycles. The molecule has 0 aromatic carbocycles. The van der Waals surface area contributed by atoms with Gasteiger partial charge in [-0.15, -0.1) is 0 Å². The second-order valence-electron chi connectivity index (χ2n) is 3.09. The summed E-state index contributed by atoms with van der Waals surface area (Å²) in [5, 5.41) is 2.70.